The van der Waals surface area contributed by atoms with Crippen LogP contribution in [-0.2, 0) is 9.31 Å². The fourth-order valence-electron chi connectivity index (χ4n) is 2.21. The van der Waals surface area contributed by atoms with Gasteiger partial charge in [-0.1, -0.05) is 0 Å². The standard InChI is InChI=1S/C15H22BFO3/c1-7-18-12-9-8-11(17)10(2)13(12)16-19-14(3,4)15(5,6)20-16/h8-9H,7H2,1-6H3. The minimum absolute atomic E-state index is 0.279. The van der Waals surface area contributed by atoms with Gasteiger partial charge >= 0.3 is 7.12 Å². The molecule has 1 aromatic rings. The Labute approximate surface area is 120 Å². The number of hydrogen-bond donors (Lipinski definition) is 0. The Morgan fingerprint density at radius 2 is 1.70 bits per heavy atom. The summed E-state index contributed by atoms with van der Waals surface area (Å²) in [7, 11) is -0.614. The van der Waals surface area contributed by atoms with Crippen molar-refractivity contribution in [3.63, 3.8) is 0 Å². The van der Waals surface area contributed by atoms with Gasteiger partial charge in [0, 0.05) is 5.46 Å². The molecule has 0 N–H and O–H groups in total. The van der Waals surface area contributed by atoms with Crippen molar-refractivity contribution in [2.45, 2.75) is 52.7 Å². The maximum Gasteiger partial charge on any atom is 0.499 e. The summed E-state index contributed by atoms with van der Waals surface area (Å²) < 4.78 is 31.5. The van der Waals surface area contributed by atoms with E-state index in [1.165, 1.54) is 6.07 Å². The lowest BCUT2D eigenvalue weighted by Gasteiger charge is -2.32. The molecular weight excluding hydrogens is 258 g/mol. The average Bonchev–Trinajstić information content (AvgIpc) is 2.53. The quantitative estimate of drug-likeness (QED) is 0.797. The van der Waals surface area contributed by atoms with Gasteiger partial charge in [0.15, 0.2) is 0 Å². The van der Waals surface area contributed by atoms with Crippen molar-refractivity contribution in [1.82, 2.24) is 0 Å². The third kappa shape index (κ3) is 2.45. The summed E-state index contributed by atoms with van der Waals surface area (Å²) >= 11 is 0. The number of hydrogen-bond acceptors (Lipinski definition) is 3. The predicted octanol–water partition coefficient (Wildman–Crippen LogP) is 2.83. The van der Waals surface area contributed by atoms with E-state index in [9.17, 15) is 4.39 Å². The van der Waals surface area contributed by atoms with Crippen molar-refractivity contribution >= 4 is 12.6 Å². The monoisotopic (exact) mass is 280 g/mol. The molecule has 1 saturated heterocycles. The van der Waals surface area contributed by atoms with Crippen LogP contribution in [0.15, 0.2) is 12.1 Å². The molecule has 0 bridgehead atoms. The summed E-state index contributed by atoms with van der Waals surface area (Å²) in [5.74, 6) is 0.336. The minimum Gasteiger partial charge on any atom is -0.494 e. The molecule has 110 valence electrons. The maximum atomic E-state index is 13.9. The Morgan fingerprint density at radius 3 is 2.20 bits per heavy atom. The van der Waals surface area contributed by atoms with Crippen LogP contribution in [0.4, 0.5) is 4.39 Å². The molecular formula is C15H22BFO3. The van der Waals surface area contributed by atoms with Gasteiger partial charge in [-0.3, -0.25) is 0 Å². The van der Waals surface area contributed by atoms with Crippen molar-refractivity contribution in [3.8, 4) is 5.75 Å². The average molecular weight is 280 g/mol. The molecule has 0 aliphatic carbocycles. The van der Waals surface area contributed by atoms with Crippen LogP contribution in [0.25, 0.3) is 0 Å². The Morgan fingerprint density at radius 1 is 1.15 bits per heavy atom. The summed E-state index contributed by atoms with van der Waals surface area (Å²) in [6.07, 6.45) is 0. The molecule has 20 heavy (non-hydrogen) atoms. The van der Waals surface area contributed by atoms with Gasteiger partial charge in [-0.15, -0.1) is 0 Å². The molecule has 0 atom stereocenters. The van der Waals surface area contributed by atoms with E-state index in [1.807, 2.05) is 34.6 Å². The lowest BCUT2D eigenvalue weighted by molar-refractivity contribution is 0.00578. The fourth-order valence-corrected chi connectivity index (χ4v) is 2.21. The number of halogens is 1. The topological polar surface area (TPSA) is 27.7 Å². The van der Waals surface area contributed by atoms with Gasteiger partial charge in [-0.25, -0.2) is 4.39 Å². The van der Waals surface area contributed by atoms with Crippen LogP contribution < -0.4 is 10.2 Å². The molecule has 0 saturated carbocycles. The smallest absolute Gasteiger partial charge is 0.494 e. The van der Waals surface area contributed by atoms with Crippen molar-refractivity contribution in [3.05, 3.63) is 23.5 Å². The fraction of sp³-hybridized carbons (Fsp3) is 0.600. The zero-order chi connectivity index (χ0) is 15.1. The van der Waals surface area contributed by atoms with E-state index in [4.69, 9.17) is 14.0 Å². The largest absolute Gasteiger partial charge is 0.499 e. The predicted molar refractivity (Wildman–Crippen MR) is 78.0 cm³/mol. The van der Waals surface area contributed by atoms with Crippen LogP contribution in [0.2, 0.25) is 0 Å². The molecule has 3 nitrogen and oxygen atoms in total. The maximum absolute atomic E-state index is 13.9. The molecule has 0 spiro atoms. The van der Waals surface area contributed by atoms with Crippen LogP contribution in [0.1, 0.15) is 40.2 Å². The van der Waals surface area contributed by atoms with Crippen LogP contribution in [0.5, 0.6) is 5.75 Å². The van der Waals surface area contributed by atoms with E-state index in [1.54, 1.807) is 13.0 Å². The molecule has 0 radical (unpaired) electrons. The second kappa shape index (κ2) is 5.04. The first kappa shape index (κ1) is 15.3. The highest BCUT2D eigenvalue weighted by Gasteiger charge is 2.53. The van der Waals surface area contributed by atoms with Crippen LogP contribution >= 0.6 is 0 Å². The molecule has 0 aromatic heterocycles. The van der Waals surface area contributed by atoms with E-state index in [2.05, 4.69) is 0 Å². The number of rotatable bonds is 3. The molecule has 0 amide bonds. The first-order valence-corrected chi connectivity index (χ1v) is 6.97. The summed E-state index contributed by atoms with van der Waals surface area (Å²) in [5, 5.41) is 0. The third-order valence-electron chi connectivity index (χ3n) is 4.20. The molecule has 1 aliphatic rings. The van der Waals surface area contributed by atoms with Crippen molar-refractivity contribution in [1.29, 1.82) is 0 Å². The molecule has 1 aromatic carbocycles. The van der Waals surface area contributed by atoms with Crippen molar-refractivity contribution < 1.29 is 18.4 Å². The van der Waals surface area contributed by atoms with Gasteiger partial charge < -0.3 is 14.0 Å². The van der Waals surface area contributed by atoms with Gasteiger partial charge in [0.25, 0.3) is 0 Å². The summed E-state index contributed by atoms with van der Waals surface area (Å²) in [5.41, 5.74) is 0.236. The number of benzene rings is 1. The first-order valence-electron chi connectivity index (χ1n) is 6.97. The Balaban J connectivity index is 2.46. The summed E-state index contributed by atoms with van der Waals surface area (Å²) in [6.45, 7) is 12.0. The first-order chi connectivity index (χ1) is 9.19. The summed E-state index contributed by atoms with van der Waals surface area (Å²) in [4.78, 5) is 0. The van der Waals surface area contributed by atoms with Crippen LogP contribution in [-0.4, -0.2) is 24.9 Å². The SMILES string of the molecule is CCOc1ccc(F)c(C)c1B1OC(C)(C)C(C)(C)O1. The highest BCUT2D eigenvalue weighted by Crippen LogP contribution is 2.37. The molecule has 1 aliphatic heterocycles. The molecule has 1 fully saturated rings. The van der Waals surface area contributed by atoms with Gasteiger partial charge in [0.1, 0.15) is 11.6 Å². The minimum atomic E-state index is -0.614. The summed E-state index contributed by atoms with van der Waals surface area (Å²) in [6, 6.07) is 3.04. The Bertz CT molecular complexity index is 498. The highest BCUT2D eigenvalue weighted by molar-refractivity contribution is 6.63. The molecule has 1 heterocycles. The second-order valence-electron chi connectivity index (χ2n) is 6.11. The van der Waals surface area contributed by atoms with Gasteiger partial charge in [0.2, 0.25) is 0 Å². The lowest BCUT2D eigenvalue weighted by Crippen LogP contribution is -2.41. The lowest BCUT2D eigenvalue weighted by atomic mass is 9.75. The number of ether oxygens (including phenoxy) is 1. The van der Waals surface area contributed by atoms with E-state index in [0.717, 1.165) is 0 Å². The zero-order valence-corrected chi connectivity index (χ0v) is 13.0. The van der Waals surface area contributed by atoms with Crippen molar-refractivity contribution in [2.24, 2.45) is 0 Å². The highest BCUT2D eigenvalue weighted by atomic mass is 19.1. The third-order valence-corrected chi connectivity index (χ3v) is 4.20. The molecule has 2 rings (SSSR count). The van der Waals surface area contributed by atoms with Gasteiger partial charge in [-0.05, 0) is 59.2 Å². The van der Waals surface area contributed by atoms with Crippen molar-refractivity contribution in [2.75, 3.05) is 6.61 Å². The second-order valence-corrected chi connectivity index (χ2v) is 6.11. The Kier molecular flexibility index (Phi) is 3.86. The van der Waals surface area contributed by atoms with E-state index < -0.39 is 18.3 Å². The normalized spacial score (nSPS) is 20.2. The van der Waals surface area contributed by atoms with Crippen LogP contribution in [0, 0.1) is 12.7 Å². The van der Waals surface area contributed by atoms with Gasteiger partial charge in [-0.2, -0.15) is 0 Å². The molecule has 0 unspecified atom stereocenters. The van der Waals surface area contributed by atoms with Gasteiger partial charge in [0.05, 0.1) is 17.8 Å². The van der Waals surface area contributed by atoms with E-state index >= 15 is 0 Å². The Hall–Kier alpha value is -1.07. The van der Waals surface area contributed by atoms with E-state index in [-0.39, 0.29) is 5.82 Å². The molecule has 5 heteroatoms. The van der Waals surface area contributed by atoms with E-state index in [0.29, 0.717) is 23.4 Å². The zero-order valence-electron chi connectivity index (χ0n) is 13.0. The van der Waals surface area contributed by atoms with Crippen LogP contribution in [0.3, 0.4) is 0 Å².